The number of aliphatic carboxylic acids is 1. The first kappa shape index (κ1) is 27.1. The van der Waals surface area contributed by atoms with E-state index in [9.17, 15) is 22.8 Å². The molecule has 4 aromatic rings. The molecular formula is C25H20F3N3O5S. The number of carbonyl (C=O) groups is 3. The van der Waals surface area contributed by atoms with E-state index < -0.39 is 18.1 Å². The molecule has 0 saturated heterocycles. The van der Waals surface area contributed by atoms with Crippen molar-refractivity contribution in [3.05, 3.63) is 83.0 Å². The first-order valence-corrected chi connectivity index (χ1v) is 11.4. The third-order valence-corrected chi connectivity index (χ3v) is 5.78. The molecule has 0 atom stereocenters. The van der Waals surface area contributed by atoms with Crippen LogP contribution in [0.4, 0.5) is 13.2 Å². The highest BCUT2D eigenvalue weighted by molar-refractivity contribution is 7.09. The number of halogens is 3. The SMILES string of the molecule is C=CC(=O)Cc1cc(-c2ccc(C(N)=O)c3[nH]ccc23)ccc1OCc1nccs1.O=C(O)C(F)(F)F. The lowest BCUT2D eigenvalue weighted by Crippen LogP contribution is -2.21. The molecule has 2 aromatic heterocycles. The number of alkyl halides is 3. The van der Waals surface area contributed by atoms with Crippen molar-refractivity contribution in [2.24, 2.45) is 5.73 Å². The van der Waals surface area contributed by atoms with Crippen LogP contribution in [-0.4, -0.2) is 38.9 Å². The molecule has 1 amide bonds. The van der Waals surface area contributed by atoms with Gasteiger partial charge in [0.15, 0.2) is 5.78 Å². The fourth-order valence-corrected chi connectivity index (χ4v) is 3.89. The number of thiazole rings is 1. The van der Waals surface area contributed by atoms with Gasteiger partial charge in [0.05, 0.1) is 11.1 Å². The van der Waals surface area contributed by atoms with E-state index in [1.54, 1.807) is 18.5 Å². The largest absolute Gasteiger partial charge is 0.490 e. The van der Waals surface area contributed by atoms with Crippen molar-refractivity contribution in [1.82, 2.24) is 9.97 Å². The number of rotatable bonds is 8. The van der Waals surface area contributed by atoms with E-state index in [1.807, 2.05) is 35.7 Å². The zero-order valence-corrected chi connectivity index (χ0v) is 19.9. The Balaban J connectivity index is 0.000000479. The molecule has 0 unspecified atom stereocenters. The van der Waals surface area contributed by atoms with Crippen molar-refractivity contribution < 1.29 is 37.4 Å². The summed E-state index contributed by atoms with van der Waals surface area (Å²) in [7, 11) is 0. The summed E-state index contributed by atoms with van der Waals surface area (Å²) in [4.78, 5) is 40.0. The Morgan fingerprint density at radius 2 is 1.92 bits per heavy atom. The number of nitrogens with zero attached hydrogens (tertiary/aromatic N) is 1. The van der Waals surface area contributed by atoms with Gasteiger partial charge >= 0.3 is 12.1 Å². The molecule has 8 nitrogen and oxygen atoms in total. The van der Waals surface area contributed by atoms with Gasteiger partial charge in [-0.05, 0) is 41.5 Å². The van der Waals surface area contributed by atoms with Crippen LogP contribution < -0.4 is 10.5 Å². The number of primary amides is 1. The molecule has 4 rings (SSSR count). The highest BCUT2D eigenvalue weighted by Gasteiger charge is 2.38. The Morgan fingerprint density at radius 3 is 2.51 bits per heavy atom. The second-order valence-electron chi connectivity index (χ2n) is 7.48. The lowest BCUT2D eigenvalue weighted by Gasteiger charge is -2.13. The van der Waals surface area contributed by atoms with Crippen molar-refractivity contribution in [2.75, 3.05) is 0 Å². The molecule has 0 aliphatic heterocycles. The average Bonchev–Trinajstić information content (AvgIpc) is 3.54. The van der Waals surface area contributed by atoms with Crippen molar-refractivity contribution in [3.8, 4) is 16.9 Å². The predicted molar refractivity (Wildman–Crippen MR) is 131 cm³/mol. The highest BCUT2D eigenvalue weighted by atomic mass is 32.1. The van der Waals surface area contributed by atoms with Crippen LogP contribution in [-0.2, 0) is 22.6 Å². The summed E-state index contributed by atoms with van der Waals surface area (Å²) < 4.78 is 37.7. The van der Waals surface area contributed by atoms with E-state index in [2.05, 4.69) is 16.5 Å². The number of nitrogens with two attached hydrogens (primary N) is 1. The third-order valence-electron chi connectivity index (χ3n) is 5.03. The number of nitrogens with one attached hydrogen (secondary N) is 1. The van der Waals surface area contributed by atoms with Gasteiger partial charge < -0.3 is 20.6 Å². The number of benzene rings is 2. The van der Waals surface area contributed by atoms with Crippen LogP contribution in [0.1, 0.15) is 20.9 Å². The minimum atomic E-state index is -5.08. The van der Waals surface area contributed by atoms with E-state index in [4.69, 9.17) is 20.4 Å². The van der Waals surface area contributed by atoms with Crippen LogP contribution in [0, 0.1) is 0 Å². The molecule has 0 saturated carbocycles. The Kier molecular flexibility index (Phi) is 8.45. The topological polar surface area (TPSA) is 135 Å². The number of carboxylic acid groups (broad SMARTS) is 1. The number of amides is 1. The second kappa shape index (κ2) is 11.5. The maximum atomic E-state index is 12.1. The van der Waals surface area contributed by atoms with Crippen molar-refractivity contribution in [1.29, 1.82) is 0 Å². The molecule has 0 aliphatic carbocycles. The molecule has 0 radical (unpaired) electrons. The normalized spacial score (nSPS) is 10.9. The van der Waals surface area contributed by atoms with Crippen molar-refractivity contribution in [2.45, 2.75) is 19.2 Å². The zero-order valence-electron chi connectivity index (χ0n) is 19.0. The van der Waals surface area contributed by atoms with Crippen LogP contribution in [0.25, 0.3) is 22.0 Å². The number of carbonyl (C=O) groups excluding carboxylic acids is 2. The van der Waals surface area contributed by atoms with Crippen molar-refractivity contribution >= 4 is 39.9 Å². The van der Waals surface area contributed by atoms with Gasteiger partial charge in [-0.15, -0.1) is 11.3 Å². The molecule has 0 bridgehead atoms. The predicted octanol–water partition coefficient (Wildman–Crippen LogP) is 4.90. The molecule has 0 aliphatic rings. The number of allylic oxidation sites excluding steroid dienone is 1. The van der Waals surface area contributed by atoms with Gasteiger partial charge in [0.25, 0.3) is 5.91 Å². The Morgan fingerprint density at radius 1 is 1.19 bits per heavy atom. The number of H-pyrrole nitrogens is 1. The van der Waals surface area contributed by atoms with Crippen molar-refractivity contribution in [3.63, 3.8) is 0 Å². The van der Waals surface area contributed by atoms with Gasteiger partial charge in [-0.25, -0.2) is 9.78 Å². The number of fused-ring (bicyclic) bond motifs is 1. The average molecular weight is 532 g/mol. The molecule has 12 heteroatoms. The number of aromatic amines is 1. The van der Waals surface area contributed by atoms with E-state index in [0.717, 1.165) is 27.1 Å². The quantitative estimate of drug-likeness (QED) is 0.277. The van der Waals surface area contributed by atoms with Crippen LogP contribution in [0.5, 0.6) is 5.75 Å². The van der Waals surface area contributed by atoms with E-state index in [1.165, 1.54) is 17.4 Å². The van der Waals surface area contributed by atoms with Gasteiger partial charge in [-0.1, -0.05) is 18.7 Å². The maximum absolute atomic E-state index is 12.1. The van der Waals surface area contributed by atoms with Gasteiger partial charge in [0.1, 0.15) is 17.4 Å². The fraction of sp³-hybridized carbons (Fsp3) is 0.120. The molecule has 4 N–H and O–H groups in total. The maximum Gasteiger partial charge on any atom is 0.490 e. The fourth-order valence-electron chi connectivity index (χ4n) is 3.36. The van der Waals surface area contributed by atoms with Gasteiger partial charge in [-0.2, -0.15) is 13.2 Å². The smallest absolute Gasteiger partial charge is 0.486 e. The summed E-state index contributed by atoms with van der Waals surface area (Å²) in [6.45, 7) is 3.90. The number of carboxylic acids is 1. The zero-order chi connectivity index (χ0) is 27.2. The summed E-state index contributed by atoms with van der Waals surface area (Å²) in [6.07, 6.45) is -0.0930. The van der Waals surface area contributed by atoms with Crippen LogP contribution in [0.2, 0.25) is 0 Å². The molecule has 0 fully saturated rings. The van der Waals surface area contributed by atoms with E-state index in [0.29, 0.717) is 23.4 Å². The van der Waals surface area contributed by atoms with Gasteiger partial charge in [0.2, 0.25) is 0 Å². The summed E-state index contributed by atoms with van der Waals surface area (Å²) in [5.41, 5.74) is 9.20. The lowest BCUT2D eigenvalue weighted by atomic mass is 9.96. The third kappa shape index (κ3) is 6.82. The number of hydrogen-bond donors (Lipinski definition) is 3. The number of ether oxygens (including phenoxy) is 1. The summed E-state index contributed by atoms with van der Waals surface area (Å²) in [5, 5.41) is 10.8. The highest BCUT2D eigenvalue weighted by Crippen LogP contribution is 2.33. The van der Waals surface area contributed by atoms with Crippen LogP contribution in [0.15, 0.2) is 66.8 Å². The molecule has 0 spiro atoms. The molecule has 37 heavy (non-hydrogen) atoms. The number of aromatic nitrogens is 2. The lowest BCUT2D eigenvalue weighted by molar-refractivity contribution is -0.192. The number of ketones is 1. The minimum Gasteiger partial charge on any atom is -0.486 e. The van der Waals surface area contributed by atoms with Gasteiger partial charge in [-0.3, -0.25) is 9.59 Å². The van der Waals surface area contributed by atoms with Crippen LogP contribution in [0.3, 0.4) is 0 Å². The summed E-state index contributed by atoms with van der Waals surface area (Å²) in [5.74, 6) is -2.71. The summed E-state index contributed by atoms with van der Waals surface area (Å²) >= 11 is 1.51. The molecular weight excluding hydrogens is 511 g/mol. The Labute approximate surface area is 212 Å². The molecule has 2 heterocycles. The minimum absolute atomic E-state index is 0.0953. The molecule has 192 valence electrons. The monoisotopic (exact) mass is 531 g/mol. The second-order valence-corrected chi connectivity index (χ2v) is 8.46. The first-order valence-electron chi connectivity index (χ1n) is 10.5. The Bertz CT molecular complexity index is 1450. The number of hydrogen-bond acceptors (Lipinski definition) is 6. The molecule has 2 aromatic carbocycles. The Hall–Kier alpha value is -4.45. The van der Waals surface area contributed by atoms with Gasteiger partial charge in [0, 0.05) is 35.1 Å². The van der Waals surface area contributed by atoms with E-state index in [-0.39, 0.29) is 12.2 Å². The van der Waals surface area contributed by atoms with Crippen LogP contribution >= 0.6 is 11.3 Å². The van der Waals surface area contributed by atoms with E-state index >= 15 is 0 Å². The standard InChI is InChI=1S/C23H19N3O3S.C2HF3O2/c1-2-16(27)12-15-11-14(3-6-20(15)29-13-21-25-9-10-30-21)17-4-5-19(23(24)28)22-18(17)7-8-26-22;3-2(4,5)1(6)7/h2-11,26H,1,12-13H2,(H2,24,28);(H,6,7). The first-order chi connectivity index (χ1) is 17.5. The summed E-state index contributed by atoms with van der Waals surface area (Å²) in [6, 6.07) is 11.2.